The molecule has 0 aliphatic carbocycles. The molecule has 0 radical (unpaired) electrons. The molecule has 1 saturated heterocycles. The Morgan fingerprint density at radius 3 is 3.10 bits per heavy atom. The zero-order valence-corrected chi connectivity index (χ0v) is 12.0. The van der Waals surface area contributed by atoms with Crippen LogP contribution in [0.5, 0.6) is 0 Å². The van der Waals surface area contributed by atoms with Gasteiger partial charge in [0, 0.05) is 25.3 Å². The quantitative estimate of drug-likeness (QED) is 0.842. The van der Waals surface area contributed by atoms with Crippen LogP contribution in [-0.2, 0) is 11.3 Å². The maximum absolute atomic E-state index is 12.3. The number of nitrogens with one attached hydrogen (secondary N) is 1. The van der Waals surface area contributed by atoms with Crippen LogP contribution in [0.2, 0.25) is 0 Å². The lowest BCUT2D eigenvalue weighted by Gasteiger charge is -2.32. The highest BCUT2D eigenvalue weighted by Gasteiger charge is 2.23. The van der Waals surface area contributed by atoms with Gasteiger partial charge >= 0.3 is 5.69 Å². The van der Waals surface area contributed by atoms with Crippen molar-refractivity contribution in [1.29, 1.82) is 0 Å². The van der Waals surface area contributed by atoms with E-state index in [1.54, 1.807) is 23.2 Å². The molecule has 1 amide bonds. The number of carbonyl (C=O) groups excluding carboxylic acids is 1. The van der Waals surface area contributed by atoms with E-state index in [2.05, 4.69) is 10.4 Å². The Hall–Kier alpha value is -2.15. The number of rotatable bonds is 3. The van der Waals surface area contributed by atoms with Crippen LogP contribution < -0.4 is 11.0 Å². The van der Waals surface area contributed by atoms with Crippen molar-refractivity contribution in [3.63, 3.8) is 0 Å². The molecule has 1 aliphatic rings. The molecule has 1 N–H and O–H groups in total. The van der Waals surface area contributed by atoms with E-state index >= 15 is 0 Å². The van der Waals surface area contributed by atoms with Crippen molar-refractivity contribution in [2.24, 2.45) is 0 Å². The van der Waals surface area contributed by atoms with E-state index in [1.165, 1.54) is 9.08 Å². The van der Waals surface area contributed by atoms with Gasteiger partial charge in [0.1, 0.15) is 6.54 Å². The van der Waals surface area contributed by atoms with Gasteiger partial charge in [-0.3, -0.25) is 9.20 Å². The van der Waals surface area contributed by atoms with E-state index in [1.807, 2.05) is 13.1 Å². The summed E-state index contributed by atoms with van der Waals surface area (Å²) in [5.41, 5.74) is 0.281. The number of hydrogen-bond acceptors (Lipinski definition) is 4. The van der Waals surface area contributed by atoms with Gasteiger partial charge in [-0.05, 0) is 32.0 Å². The van der Waals surface area contributed by atoms with E-state index in [-0.39, 0.29) is 18.1 Å². The number of piperidine rings is 1. The molecule has 2 aromatic heterocycles. The highest BCUT2D eigenvalue weighted by molar-refractivity contribution is 5.76. The molecular formula is C14H19N5O2. The van der Waals surface area contributed by atoms with Crippen LogP contribution in [0.25, 0.3) is 5.65 Å². The summed E-state index contributed by atoms with van der Waals surface area (Å²) in [4.78, 5) is 26.3. The van der Waals surface area contributed by atoms with Gasteiger partial charge in [0.15, 0.2) is 5.65 Å². The van der Waals surface area contributed by atoms with Crippen LogP contribution in [0, 0.1) is 0 Å². The van der Waals surface area contributed by atoms with Crippen LogP contribution in [0.15, 0.2) is 29.2 Å². The Morgan fingerprint density at radius 1 is 1.48 bits per heavy atom. The molecule has 1 aliphatic heterocycles. The van der Waals surface area contributed by atoms with Crippen molar-refractivity contribution < 1.29 is 4.79 Å². The molecule has 3 heterocycles. The van der Waals surface area contributed by atoms with Crippen LogP contribution in [0.1, 0.15) is 12.8 Å². The fourth-order valence-electron chi connectivity index (χ4n) is 2.74. The molecule has 2 aromatic rings. The second kappa shape index (κ2) is 5.69. The number of aromatic nitrogens is 3. The van der Waals surface area contributed by atoms with E-state index < -0.39 is 0 Å². The lowest BCUT2D eigenvalue weighted by atomic mass is 10.1. The summed E-state index contributed by atoms with van der Waals surface area (Å²) >= 11 is 0. The number of hydrogen-bond donors (Lipinski definition) is 1. The molecule has 3 rings (SSSR count). The minimum Gasteiger partial charge on any atom is -0.340 e. The third-order valence-electron chi connectivity index (χ3n) is 3.96. The molecule has 1 unspecified atom stereocenters. The second-order valence-electron chi connectivity index (χ2n) is 5.34. The first kappa shape index (κ1) is 13.8. The molecular weight excluding hydrogens is 270 g/mol. The molecule has 1 atom stereocenters. The Bertz CT molecular complexity index is 705. The summed E-state index contributed by atoms with van der Waals surface area (Å²) in [6.07, 6.45) is 3.72. The van der Waals surface area contributed by atoms with Crippen molar-refractivity contribution in [2.45, 2.75) is 25.4 Å². The maximum Gasteiger partial charge on any atom is 0.350 e. The zero-order valence-electron chi connectivity index (χ0n) is 12.0. The van der Waals surface area contributed by atoms with Crippen molar-refractivity contribution in [2.75, 3.05) is 20.1 Å². The number of nitrogens with zero attached hydrogens (tertiary/aromatic N) is 4. The number of likely N-dealkylation sites (tertiary alicyclic amines) is 1. The third kappa shape index (κ3) is 2.69. The van der Waals surface area contributed by atoms with E-state index in [0.717, 1.165) is 19.4 Å². The van der Waals surface area contributed by atoms with E-state index in [0.29, 0.717) is 18.2 Å². The smallest absolute Gasteiger partial charge is 0.340 e. The van der Waals surface area contributed by atoms with Crippen LogP contribution in [-0.4, -0.2) is 51.2 Å². The molecule has 0 aromatic carbocycles. The fraction of sp³-hybridized carbons (Fsp3) is 0.500. The van der Waals surface area contributed by atoms with Gasteiger partial charge in [-0.25, -0.2) is 9.48 Å². The number of pyridine rings is 1. The van der Waals surface area contributed by atoms with Crippen molar-refractivity contribution in [1.82, 2.24) is 24.4 Å². The van der Waals surface area contributed by atoms with Gasteiger partial charge in [0.2, 0.25) is 5.91 Å². The lowest BCUT2D eigenvalue weighted by molar-refractivity contribution is -0.133. The van der Waals surface area contributed by atoms with E-state index in [4.69, 9.17) is 0 Å². The van der Waals surface area contributed by atoms with Crippen LogP contribution in [0.4, 0.5) is 0 Å². The SMILES string of the molecule is CNC1CCCN(C(=O)Cn2nc3ccccn3c2=O)C1. The average Bonchev–Trinajstić information content (AvgIpc) is 2.84. The molecule has 112 valence electrons. The van der Waals surface area contributed by atoms with Gasteiger partial charge in [-0.2, -0.15) is 0 Å². The number of amides is 1. The Balaban J connectivity index is 1.77. The minimum absolute atomic E-state index is 0.00303. The largest absolute Gasteiger partial charge is 0.350 e. The molecule has 1 fully saturated rings. The summed E-state index contributed by atoms with van der Waals surface area (Å²) < 4.78 is 2.68. The van der Waals surface area contributed by atoms with Gasteiger partial charge in [-0.1, -0.05) is 6.07 Å². The highest BCUT2D eigenvalue weighted by atomic mass is 16.2. The van der Waals surface area contributed by atoms with Crippen molar-refractivity contribution >= 4 is 11.6 Å². The second-order valence-corrected chi connectivity index (χ2v) is 5.34. The normalized spacial score (nSPS) is 19.1. The van der Waals surface area contributed by atoms with E-state index in [9.17, 15) is 9.59 Å². The van der Waals surface area contributed by atoms with Gasteiger partial charge in [-0.15, -0.1) is 5.10 Å². The Kier molecular flexibility index (Phi) is 3.74. The first-order valence-corrected chi connectivity index (χ1v) is 7.18. The predicted molar refractivity (Wildman–Crippen MR) is 78.1 cm³/mol. The molecule has 0 bridgehead atoms. The number of carbonyl (C=O) groups is 1. The predicted octanol–water partition coefficient (Wildman–Crippen LogP) is -0.294. The van der Waals surface area contributed by atoms with Gasteiger partial charge in [0.25, 0.3) is 0 Å². The number of likely N-dealkylation sites (N-methyl/N-ethyl adjacent to an activating group) is 1. The zero-order chi connectivity index (χ0) is 14.8. The molecule has 7 heteroatoms. The number of fused-ring (bicyclic) bond motifs is 1. The maximum atomic E-state index is 12.3. The van der Waals surface area contributed by atoms with Gasteiger partial charge in [0.05, 0.1) is 0 Å². The average molecular weight is 289 g/mol. The minimum atomic E-state index is -0.277. The first-order chi connectivity index (χ1) is 10.2. The Labute approximate surface area is 122 Å². The third-order valence-corrected chi connectivity index (χ3v) is 3.96. The van der Waals surface area contributed by atoms with Crippen molar-refractivity contribution in [3.8, 4) is 0 Å². The Morgan fingerprint density at radius 2 is 2.33 bits per heavy atom. The van der Waals surface area contributed by atoms with Gasteiger partial charge < -0.3 is 10.2 Å². The monoisotopic (exact) mass is 289 g/mol. The summed E-state index contributed by atoms with van der Waals surface area (Å²) in [6, 6.07) is 5.67. The highest BCUT2D eigenvalue weighted by Crippen LogP contribution is 2.10. The topological polar surface area (TPSA) is 71.6 Å². The fourth-order valence-corrected chi connectivity index (χ4v) is 2.74. The summed E-state index contributed by atoms with van der Waals surface area (Å²) in [5.74, 6) is -0.0551. The summed E-state index contributed by atoms with van der Waals surface area (Å²) in [5, 5.41) is 7.39. The van der Waals surface area contributed by atoms with Crippen LogP contribution >= 0.6 is 0 Å². The summed E-state index contributed by atoms with van der Waals surface area (Å²) in [7, 11) is 1.91. The lowest BCUT2D eigenvalue weighted by Crippen LogP contribution is -2.48. The standard InChI is InChI=1S/C14H19N5O2/c1-15-11-5-4-7-17(9-11)13(20)10-19-14(21)18-8-3-2-6-12(18)16-19/h2-3,6,8,11,15H,4-5,7,9-10H2,1H3. The molecule has 0 spiro atoms. The van der Waals surface area contributed by atoms with Crippen molar-refractivity contribution in [3.05, 3.63) is 34.9 Å². The van der Waals surface area contributed by atoms with Crippen LogP contribution in [0.3, 0.4) is 0 Å². The first-order valence-electron chi connectivity index (χ1n) is 7.18. The molecule has 0 saturated carbocycles. The molecule has 7 nitrogen and oxygen atoms in total. The molecule has 21 heavy (non-hydrogen) atoms. The summed E-state index contributed by atoms with van der Waals surface area (Å²) in [6.45, 7) is 1.44.